The molecule has 0 bridgehead atoms. The maximum Gasteiger partial charge on any atom is 0.318 e. The molecule has 0 N–H and O–H groups in total. The zero-order valence-electron chi connectivity index (χ0n) is 9.35. The third-order valence-corrected chi connectivity index (χ3v) is 2.98. The second kappa shape index (κ2) is 4.08. The van der Waals surface area contributed by atoms with Crippen LogP contribution in [0.5, 0.6) is 0 Å². The largest absolute Gasteiger partial charge is 0.462 e. The van der Waals surface area contributed by atoms with Crippen molar-refractivity contribution in [1.82, 2.24) is 4.98 Å². The summed E-state index contributed by atoms with van der Waals surface area (Å²) >= 11 is 0. The Hall–Kier alpha value is -1.64. The van der Waals surface area contributed by atoms with Crippen molar-refractivity contribution >= 4 is 5.97 Å². The zero-order chi connectivity index (χ0) is 11.6. The molecule has 2 heterocycles. The molecule has 2 atom stereocenters. The quantitative estimate of drug-likeness (QED) is 0.575. The molecule has 0 aliphatic carbocycles. The summed E-state index contributed by atoms with van der Waals surface area (Å²) in [6.45, 7) is 5.63. The molecule has 2 rings (SSSR count). The van der Waals surface area contributed by atoms with Crippen LogP contribution in [0.1, 0.15) is 25.5 Å². The van der Waals surface area contributed by atoms with E-state index < -0.39 is 5.41 Å². The first kappa shape index (κ1) is 10.9. The van der Waals surface area contributed by atoms with Crippen molar-refractivity contribution in [3.8, 4) is 0 Å². The highest BCUT2D eigenvalue weighted by molar-refractivity contribution is 5.85. The SMILES string of the molecule is C=CCC1(c2ccccn2)CC(C)OC1=O. The molecule has 1 aromatic heterocycles. The number of rotatable bonds is 3. The zero-order valence-corrected chi connectivity index (χ0v) is 9.35. The molecule has 0 spiro atoms. The number of hydrogen-bond donors (Lipinski definition) is 0. The number of nitrogens with zero attached hydrogens (tertiary/aromatic N) is 1. The van der Waals surface area contributed by atoms with E-state index in [9.17, 15) is 4.79 Å². The normalized spacial score (nSPS) is 28.8. The number of carbonyl (C=O) groups excluding carboxylic acids is 1. The van der Waals surface area contributed by atoms with Crippen LogP contribution in [0, 0.1) is 0 Å². The summed E-state index contributed by atoms with van der Waals surface area (Å²) in [4.78, 5) is 16.3. The molecular weight excluding hydrogens is 202 g/mol. The van der Waals surface area contributed by atoms with Gasteiger partial charge in [-0.15, -0.1) is 6.58 Å². The molecule has 1 fully saturated rings. The number of esters is 1. The average molecular weight is 217 g/mol. The molecule has 3 heteroatoms. The average Bonchev–Trinajstić information content (AvgIpc) is 2.57. The lowest BCUT2D eigenvalue weighted by molar-refractivity contribution is -0.145. The van der Waals surface area contributed by atoms with E-state index in [4.69, 9.17) is 4.74 Å². The van der Waals surface area contributed by atoms with Gasteiger partial charge in [-0.1, -0.05) is 12.1 Å². The summed E-state index contributed by atoms with van der Waals surface area (Å²) in [6, 6.07) is 5.61. The molecule has 2 unspecified atom stereocenters. The molecule has 84 valence electrons. The topological polar surface area (TPSA) is 39.2 Å². The molecular formula is C13H15NO2. The molecule has 3 nitrogen and oxygen atoms in total. The number of aromatic nitrogens is 1. The molecule has 1 aromatic rings. The highest BCUT2D eigenvalue weighted by Crippen LogP contribution is 2.39. The number of carbonyl (C=O) groups is 1. The van der Waals surface area contributed by atoms with Gasteiger partial charge >= 0.3 is 5.97 Å². The van der Waals surface area contributed by atoms with Gasteiger partial charge in [-0.25, -0.2) is 0 Å². The molecule has 1 saturated heterocycles. The summed E-state index contributed by atoms with van der Waals surface area (Å²) in [5.41, 5.74) is 0.159. The number of hydrogen-bond acceptors (Lipinski definition) is 3. The Morgan fingerprint density at radius 1 is 1.69 bits per heavy atom. The van der Waals surface area contributed by atoms with Crippen LogP contribution in [0.25, 0.3) is 0 Å². The fourth-order valence-electron chi connectivity index (χ4n) is 2.28. The van der Waals surface area contributed by atoms with E-state index in [-0.39, 0.29) is 12.1 Å². The van der Waals surface area contributed by atoms with Crippen molar-refractivity contribution in [2.24, 2.45) is 0 Å². The van der Waals surface area contributed by atoms with Gasteiger partial charge in [0.15, 0.2) is 0 Å². The fraction of sp³-hybridized carbons (Fsp3) is 0.385. The lowest BCUT2D eigenvalue weighted by Gasteiger charge is -2.22. The first-order valence-corrected chi connectivity index (χ1v) is 5.42. The molecule has 0 aromatic carbocycles. The summed E-state index contributed by atoms with van der Waals surface area (Å²) in [7, 11) is 0. The summed E-state index contributed by atoms with van der Waals surface area (Å²) in [5, 5.41) is 0. The number of ether oxygens (including phenoxy) is 1. The highest BCUT2D eigenvalue weighted by atomic mass is 16.6. The standard InChI is InChI=1S/C13H15NO2/c1-3-7-13(9-10(2)16-12(13)15)11-6-4-5-8-14-11/h3-6,8,10H,1,7,9H2,2H3. The first-order valence-electron chi connectivity index (χ1n) is 5.42. The van der Waals surface area contributed by atoms with Gasteiger partial charge in [0.05, 0.1) is 5.69 Å². The molecule has 16 heavy (non-hydrogen) atoms. The minimum absolute atomic E-state index is 0.0468. The van der Waals surface area contributed by atoms with Crippen LogP contribution in [0.2, 0.25) is 0 Å². The molecule has 0 saturated carbocycles. The number of pyridine rings is 1. The van der Waals surface area contributed by atoms with E-state index in [0.29, 0.717) is 12.8 Å². The van der Waals surface area contributed by atoms with E-state index in [1.165, 1.54) is 0 Å². The molecule has 1 aliphatic heterocycles. The maximum absolute atomic E-state index is 12.0. The Morgan fingerprint density at radius 3 is 3.00 bits per heavy atom. The number of allylic oxidation sites excluding steroid dienone is 1. The van der Waals surface area contributed by atoms with Gasteiger partial charge < -0.3 is 4.74 Å². The van der Waals surface area contributed by atoms with Crippen molar-refractivity contribution < 1.29 is 9.53 Å². The van der Waals surface area contributed by atoms with Crippen LogP contribution in [-0.4, -0.2) is 17.1 Å². The highest BCUT2D eigenvalue weighted by Gasteiger charge is 2.49. The Balaban J connectivity index is 2.44. The fourth-order valence-corrected chi connectivity index (χ4v) is 2.28. The lowest BCUT2D eigenvalue weighted by atomic mass is 9.78. The van der Waals surface area contributed by atoms with Gasteiger partial charge in [0.1, 0.15) is 11.5 Å². The van der Waals surface area contributed by atoms with E-state index in [0.717, 1.165) is 5.69 Å². The molecule has 1 aliphatic rings. The summed E-state index contributed by atoms with van der Waals surface area (Å²) in [5.74, 6) is -0.182. The molecule has 0 amide bonds. The van der Waals surface area contributed by atoms with Gasteiger partial charge in [-0.3, -0.25) is 9.78 Å². The lowest BCUT2D eigenvalue weighted by Crippen LogP contribution is -2.32. The Bertz CT molecular complexity index is 402. The minimum atomic E-state index is -0.623. The first-order chi connectivity index (χ1) is 7.69. The Morgan fingerprint density at radius 2 is 2.50 bits per heavy atom. The van der Waals surface area contributed by atoms with Crippen LogP contribution in [0.3, 0.4) is 0 Å². The minimum Gasteiger partial charge on any atom is -0.462 e. The van der Waals surface area contributed by atoms with E-state index in [1.54, 1.807) is 12.3 Å². The Kier molecular flexibility index (Phi) is 2.77. The third kappa shape index (κ3) is 1.62. The van der Waals surface area contributed by atoms with E-state index in [2.05, 4.69) is 11.6 Å². The van der Waals surface area contributed by atoms with Crippen LogP contribution in [0.15, 0.2) is 37.1 Å². The van der Waals surface area contributed by atoms with Gasteiger partial charge in [-0.05, 0) is 25.5 Å². The van der Waals surface area contributed by atoms with Gasteiger partial charge in [0, 0.05) is 12.6 Å². The Labute approximate surface area is 95.2 Å². The van der Waals surface area contributed by atoms with Crippen LogP contribution >= 0.6 is 0 Å². The monoisotopic (exact) mass is 217 g/mol. The summed E-state index contributed by atoms with van der Waals surface area (Å²) in [6.07, 6.45) is 4.67. The van der Waals surface area contributed by atoms with Crippen molar-refractivity contribution in [3.63, 3.8) is 0 Å². The predicted octanol–water partition coefficient (Wildman–Crippen LogP) is 2.23. The van der Waals surface area contributed by atoms with E-state index >= 15 is 0 Å². The van der Waals surface area contributed by atoms with Crippen molar-refractivity contribution in [2.75, 3.05) is 0 Å². The summed E-state index contributed by atoms with van der Waals surface area (Å²) < 4.78 is 5.26. The third-order valence-electron chi connectivity index (χ3n) is 2.98. The van der Waals surface area contributed by atoms with Crippen molar-refractivity contribution in [3.05, 3.63) is 42.7 Å². The van der Waals surface area contributed by atoms with Crippen LogP contribution in [0.4, 0.5) is 0 Å². The van der Waals surface area contributed by atoms with Crippen molar-refractivity contribution in [2.45, 2.75) is 31.3 Å². The predicted molar refractivity (Wildman–Crippen MR) is 60.9 cm³/mol. The van der Waals surface area contributed by atoms with E-state index in [1.807, 2.05) is 25.1 Å². The van der Waals surface area contributed by atoms with Crippen LogP contribution in [-0.2, 0) is 14.9 Å². The second-order valence-corrected chi connectivity index (χ2v) is 4.21. The van der Waals surface area contributed by atoms with Crippen molar-refractivity contribution in [1.29, 1.82) is 0 Å². The van der Waals surface area contributed by atoms with Crippen LogP contribution < -0.4 is 0 Å². The van der Waals surface area contributed by atoms with Gasteiger partial charge in [-0.2, -0.15) is 0 Å². The number of cyclic esters (lactones) is 1. The smallest absolute Gasteiger partial charge is 0.318 e. The second-order valence-electron chi connectivity index (χ2n) is 4.21. The van der Waals surface area contributed by atoms with Gasteiger partial charge in [0.2, 0.25) is 0 Å². The van der Waals surface area contributed by atoms with Gasteiger partial charge in [0.25, 0.3) is 0 Å². The maximum atomic E-state index is 12.0. The molecule has 0 radical (unpaired) electrons.